The van der Waals surface area contributed by atoms with Crippen LogP contribution in [-0.4, -0.2) is 32.1 Å². The van der Waals surface area contributed by atoms with E-state index in [0.29, 0.717) is 0 Å². The van der Waals surface area contributed by atoms with Gasteiger partial charge in [0, 0.05) is 0 Å². The van der Waals surface area contributed by atoms with E-state index >= 15 is 0 Å². The molecule has 0 fully saturated rings. The van der Waals surface area contributed by atoms with Crippen molar-refractivity contribution in [1.82, 2.24) is 0 Å². The Balaban J connectivity index is 2.47. The third-order valence-electron chi connectivity index (χ3n) is 2.09. The summed E-state index contributed by atoms with van der Waals surface area (Å²) < 4.78 is 2.42. The molecule has 0 spiro atoms. The maximum absolute atomic E-state index is 2.40. The summed E-state index contributed by atoms with van der Waals surface area (Å²) in [6, 6.07) is 8.77. The molecule has 2 rings (SSSR count). The molecule has 0 aromatic heterocycles. The van der Waals surface area contributed by atoms with Crippen LogP contribution >= 0.6 is 0 Å². The second kappa shape index (κ2) is 2.69. The third-order valence-corrected chi connectivity index (χ3v) is 5.67. The molecule has 2 heteroatoms. The van der Waals surface area contributed by atoms with Crippen LogP contribution in [0.15, 0.2) is 24.3 Å². The number of para-hydroxylation sites is 1. The molecular weight excluding hydrogens is 250 g/mol. The Bertz CT molecular complexity index is 272. The summed E-state index contributed by atoms with van der Waals surface area (Å²) in [6.45, 7) is 2.32. The van der Waals surface area contributed by atoms with Crippen LogP contribution in [0.4, 0.5) is 5.69 Å². The van der Waals surface area contributed by atoms with Crippen molar-refractivity contribution in [2.45, 2.75) is 11.0 Å². The van der Waals surface area contributed by atoms with Crippen molar-refractivity contribution in [2.24, 2.45) is 0 Å². The average Bonchev–Trinajstić information content (AvgIpc) is 2.30. The van der Waals surface area contributed by atoms with Crippen LogP contribution in [0.2, 0.25) is 0 Å². The van der Waals surface area contributed by atoms with E-state index in [4.69, 9.17) is 0 Å². The molecule has 11 heavy (non-hydrogen) atoms. The Morgan fingerprint density at radius 3 is 2.82 bits per heavy atom. The van der Waals surface area contributed by atoms with E-state index in [2.05, 4.69) is 43.1 Å². The van der Waals surface area contributed by atoms with Gasteiger partial charge in [-0.3, -0.25) is 0 Å². The molecule has 0 bridgehead atoms. The van der Waals surface area contributed by atoms with E-state index in [1.807, 2.05) is 0 Å². The van der Waals surface area contributed by atoms with Gasteiger partial charge in [-0.15, -0.1) is 0 Å². The quantitative estimate of drug-likeness (QED) is 0.624. The van der Waals surface area contributed by atoms with Crippen LogP contribution < -0.4 is 8.51 Å². The molecule has 1 aromatic carbocycles. The molecule has 1 aliphatic heterocycles. The molecule has 58 valence electrons. The predicted molar refractivity (Wildman–Crippen MR) is 49.7 cm³/mol. The van der Waals surface area contributed by atoms with E-state index < -0.39 is 0 Å². The van der Waals surface area contributed by atoms with Crippen LogP contribution in [0.25, 0.3) is 0 Å². The number of hydrogen-bond donors (Lipinski definition) is 0. The normalized spacial score (nSPS) is 22.0. The number of fused-ring (bicyclic) bond motifs is 1. The number of rotatable bonds is 0. The molecule has 1 aromatic rings. The Morgan fingerprint density at radius 1 is 1.36 bits per heavy atom. The first-order valence-corrected chi connectivity index (χ1v) is 6.28. The molecule has 1 unspecified atom stereocenters. The molecule has 0 saturated carbocycles. The SMILES string of the molecule is CC1[Te]c2ccccc2N1C. The molecule has 1 heterocycles. The summed E-state index contributed by atoms with van der Waals surface area (Å²) in [5, 5.41) is 0. The molecule has 1 atom stereocenters. The zero-order valence-corrected chi connectivity index (χ0v) is 9.07. The molecule has 0 amide bonds. The van der Waals surface area contributed by atoms with Gasteiger partial charge >= 0.3 is 77.4 Å². The van der Waals surface area contributed by atoms with Gasteiger partial charge in [0.15, 0.2) is 0 Å². The van der Waals surface area contributed by atoms with Crippen molar-refractivity contribution >= 4 is 30.2 Å². The zero-order chi connectivity index (χ0) is 7.84. The fourth-order valence-electron chi connectivity index (χ4n) is 1.31. The van der Waals surface area contributed by atoms with Crippen LogP contribution in [0.5, 0.6) is 0 Å². The van der Waals surface area contributed by atoms with Crippen molar-refractivity contribution in [3.8, 4) is 0 Å². The average molecular weight is 261 g/mol. The van der Waals surface area contributed by atoms with Crippen molar-refractivity contribution in [2.75, 3.05) is 11.9 Å². The zero-order valence-electron chi connectivity index (χ0n) is 6.74. The Labute approximate surface area is 77.5 Å². The van der Waals surface area contributed by atoms with Crippen molar-refractivity contribution in [3.63, 3.8) is 0 Å². The number of anilines is 1. The van der Waals surface area contributed by atoms with Gasteiger partial charge in [0.2, 0.25) is 0 Å². The van der Waals surface area contributed by atoms with Gasteiger partial charge in [-0.1, -0.05) is 0 Å². The second-order valence-corrected chi connectivity index (χ2v) is 6.67. The molecule has 1 nitrogen and oxygen atoms in total. The molecule has 0 aliphatic carbocycles. The van der Waals surface area contributed by atoms with E-state index in [-0.39, 0.29) is 20.9 Å². The monoisotopic (exact) mass is 263 g/mol. The summed E-state index contributed by atoms with van der Waals surface area (Å²) in [7, 11) is 2.20. The summed E-state index contributed by atoms with van der Waals surface area (Å²) in [5.74, 6) is 0. The van der Waals surface area contributed by atoms with Crippen LogP contribution in [0.1, 0.15) is 6.92 Å². The van der Waals surface area contributed by atoms with Crippen LogP contribution in [0, 0.1) is 0 Å². The third kappa shape index (κ3) is 1.15. The summed E-state index contributed by atoms with van der Waals surface area (Å²) in [4.78, 5) is 2.40. The van der Waals surface area contributed by atoms with Gasteiger partial charge in [0.25, 0.3) is 0 Å². The minimum absolute atomic E-state index is 0.0717. The Hall–Kier alpha value is -0.190. The second-order valence-electron chi connectivity index (χ2n) is 2.80. The van der Waals surface area contributed by atoms with Gasteiger partial charge in [-0.2, -0.15) is 0 Å². The molecule has 0 radical (unpaired) electrons. The standard InChI is InChI=1S/C9H11NTe/c1-7-10(2)8-5-3-4-6-9(8)11-7/h3-7H,1-2H3. The van der Waals surface area contributed by atoms with Gasteiger partial charge in [0.1, 0.15) is 0 Å². The van der Waals surface area contributed by atoms with E-state index in [9.17, 15) is 0 Å². The van der Waals surface area contributed by atoms with E-state index in [1.54, 1.807) is 3.61 Å². The molecule has 0 N–H and O–H groups in total. The van der Waals surface area contributed by atoms with Gasteiger partial charge < -0.3 is 0 Å². The van der Waals surface area contributed by atoms with Gasteiger partial charge in [-0.05, 0) is 0 Å². The van der Waals surface area contributed by atoms with Crippen LogP contribution in [0.3, 0.4) is 0 Å². The molecule has 0 saturated heterocycles. The maximum atomic E-state index is 2.40. The summed E-state index contributed by atoms with van der Waals surface area (Å²) in [6.07, 6.45) is 0. The first-order chi connectivity index (χ1) is 5.29. The number of benzene rings is 1. The van der Waals surface area contributed by atoms with Crippen molar-refractivity contribution in [1.29, 1.82) is 0 Å². The fourth-order valence-corrected chi connectivity index (χ4v) is 4.53. The first-order valence-electron chi connectivity index (χ1n) is 3.77. The predicted octanol–water partition coefficient (Wildman–Crippen LogP) is 0.812. The van der Waals surface area contributed by atoms with Gasteiger partial charge in [0.05, 0.1) is 0 Å². The van der Waals surface area contributed by atoms with Crippen LogP contribution in [-0.2, 0) is 0 Å². The Morgan fingerprint density at radius 2 is 2.09 bits per heavy atom. The topological polar surface area (TPSA) is 3.24 Å². The van der Waals surface area contributed by atoms with E-state index in [0.717, 1.165) is 4.09 Å². The molecular formula is C9H11NTe. The fraction of sp³-hybridized carbons (Fsp3) is 0.333. The molecule has 1 aliphatic rings. The Kier molecular flexibility index (Phi) is 1.83. The number of hydrogen-bond acceptors (Lipinski definition) is 1. The summed E-state index contributed by atoms with van der Waals surface area (Å²) >= 11 is 0.0717. The minimum atomic E-state index is 0.0717. The van der Waals surface area contributed by atoms with Crippen molar-refractivity contribution in [3.05, 3.63) is 24.3 Å². The first kappa shape index (κ1) is 7.46. The van der Waals surface area contributed by atoms with Crippen molar-refractivity contribution < 1.29 is 0 Å². The van der Waals surface area contributed by atoms with Gasteiger partial charge in [-0.25, -0.2) is 0 Å². The van der Waals surface area contributed by atoms with E-state index in [1.165, 1.54) is 5.69 Å². The summed E-state index contributed by atoms with van der Waals surface area (Å²) in [5.41, 5.74) is 1.46. The number of nitrogens with zero attached hydrogens (tertiary/aromatic N) is 1.